The Morgan fingerprint density at radius 2 is 1.90 bits per heavy atom. The topological polar surface area (TPSA) is 79.5 Å². The lowest BCUT2D eigenvalue weighted by atomic mass is 9.91. The first kappa shape index (κ1) is 16.8. The summed E-state index contributed by atoms with van der Waals surface area (Å²) in [6, 6.07) is -0.530. The number of carbonyl (C=O) groups excluding carboxylic acids is 2. The van der Waals surface area contributed by atoms with Crippen LogP contribution in [0.4, 0.5) is 4.79 Å². The van der Waals surface area contributed by atoms with Crippen molar-refractivity contribution in [3.05, 3.63) is 0 Å². The molecule has 0 unspecified atom stereocenters. The molecule has 3 N–H and O–H groups in total. The molecule has 1 aliphatic rings. The summed E-state index contributed by atoms with van der Waals surface area (Å²) in [4.78, 5) is 23.7. The number of likely N-dealkylation sites (N-methyl/N-ethyl adjacent to an activating group) is 1. The van der Waals surface area contributed by atoms with Crippen molar-refractivity contribution in [3.63, 3.8) is 0 Å². The molecule has 6 nitrogen and oxygen atoms in total. The summed E-state index contributed by atoms with van der Waals surface area (Å²) in [6.45, 7) is 7.34. The van der Waals surface area contributed by atoms with Gasteiger partial charge in [0.15, 0.2) is 0 Å². The molecular weight excluding hydrogens is 258 g/mol. The van der Waals surface area contributed by atoms with Crippen molar-refractivity contribution in [1.29, 1.82) is 0 Å². The average molecular weight is 285 g/mol. The van der Waals surface area contributed by atoms with E-state index >= 15 is 0 Å². The summed E-state index contributed by atoms with van der Waals surface area (Å²) in [6.07, 6.45) is 2.17. The second-order valence-electron chi connectivity index (χ2n) is 6.24. The number of carbonyl (C=O) groups is 2. The molecule has 1 saturated heterocycles. The van der Waals surface area contributed by atoms with Crippen LogP contribution in [-0.4, -0.2) is 43.8 Å². The van der Waals surface area contributed by atoms with Crippen molar-refractivity contribution in [3.8, 4) is 0 Å². The molecule has 1 atom stereocenters. The Balaban J connectivity index is 2.55. The predicted octanol–water partition coefficient (Wildman–Crippen LogP) is 1.02. The Labute approximate surface area is 121 Å². The molecular formula is C14H27N3O3. The number of amides is 2. The van der Waals surface area contributed by atoms with E-state index in [1.54, 1.807) is 27.8 Å². The fourth-order valence-corrected chi connectivity index (χ4v) is 2.31. The van der Waals surface area contributed by atoms with E-state index in [0.29, 0.717) is 12.3 Å². The van der Waals surface area contributed by atoms with Crippen LogP contribution in [0, 0.1) is 5.92 Å². The summed E-state index contributed by atoms with van der Waals surface area (Å²) >= 11 is 0. The first-order valence-electron chi connectivity index (χ1n) is 7.23. The van der Waals surface area contributed by atoms with Gasteiger partial charge in [-0.15, -0.1) is 0 Å². The maximum atomic E-state index is 11.9. The minimum absolute atomic E-state index is 0.172. The molecule has 1 aliphatic heterocycles. The van der Waals surface area contributed by atoms with Gasteiger partial charge < -0.3 is 20.7 Å². The van der Waals surface area contributed by atoms with Crippen LogP contribution in [0.3, 0.4) is 0 Å². The number of nitrogens with one attached hydrogen (secondary N) is 3. The highest BCUT2D eigenvalue weighted by Gasteiger charge is 2.27. The van der Waals surface area contributed by atoms with E-state index in [-0.39, 0.29) is 5.91 Å². The maximum Gasteiger partial charge on any atom is 0.408 e. The first-order valence-corrected chi connectivity index (χ1v) is 7.23. The highest BCUT2D eigenvalue weighted by molar-refractivity contribution is 5.85. The molecule has 0 aromatic rings. The maximum absolute atomic E-state index is 11.9. The number of ether oxygens (including phenoxy) is 1. The fraction of sp³-hybridized carbons (Fsp3) is 0.857. The predicted molar refractivity (Wildman–Crippen MR) is 77.4 cm³/mol. The van der Waals surface area contributed by atoms with Crippen molar-refractivity contribution in [2.75, 3.05) is 20.1 Å². The SMILES string of the molecule is CNC(=O)[C@@H](CC1CCNCC1)NC(=O)OC(C)(C)C. The summed E-state index contributed by atoms with van der Waals surface area (Å²) in [5.41, 5.74) is -0.563. The van der Waals surface area contributed by atoms with Crippen LogP contribution in [0.15, 0.2) is 0 Å². The van der Waals surface area contributed by atoms with Crippen molar-refractivity contribution < 1.29 is 14.3 Å². The molecule has 116 valence electrons. The number of alkyl carbamates (subject to hydrolysis) is 1. The minimum atomic E-state index is -0.563. The van der Waals surface area contributed by atoms with E-state index in [2.05, 4.69) is 16.0 Å². The minimum Gasteiger partial charge on any atom is -0.444 e. The Bertz CT molecular complexity index is 333. The zero-order valence-electron chi connectivity index (χ0n) is 12.9. The summed E-state index contributed by atoms with van der Waals surface area (Å²) in [5.74, 6) is 0.280. The van der Waals surface area contributed by atoms with E-state index in [0.717, 1.165) is 25.9 Å². The van der Waals surface area contributed by atoms with Crippen LogP contribution < -0.4 is 16.0 Å². The van der Waals surface area contributed by atoms with Crippen LogP contribution in [0.2, 0.25) is 0 Å². The van der Waals surface area contributed by atoms with Crippen LogP contribution in [0.25, 0.3) is 0 Å². The summed E-state index contributed by atoms with van der Waals surface area (Å²) in [7, 11) is 1.58. The largest absolute Gasteiger partial charge is 0.444 e. The second-order valence-corrected chi connectivity index (χ2v) is 6.24. The van der Waals surface area contributed by atoms with Gasteiger partial charge in [0, 0.05) is 7.05 Å². The standard InChI is InChI=1S/C14H27N3O3/c1-14(2,3)20-13(19)17-11(12(18)15-4)9-10-5-7-16-8-6-10/h10-11,16H,5-9H2,1-4H3,(H,15,18)(H,17,19)/t11-/m1/s1. The van der Waals surface area contributed by atoms with Gasteiger partial charge in [0.1, 0.15) is 11.6 Å². The molecule has 0 spiro atoms. The Kier molecular flexibility index (Phi) is 6.26. The molecule has 20 heavy (non-hydrogen) atoms. The lowest BCUT2D eigenvalue weighted by molar-refractivity contribution is -0.123. The Morgan fingerprint density at radius 1 is 1.30 bits per heavy atom. The molecule has 1 heterocycles. The van der Waals surface area contributed by atoms with Crippen molar-refractivity contribution in [2.45, 2.75) is 51.7 Å². The smallest absolute Gasteiger partial charge is 0.408 e. The molecule has 6 heteroatoms. The molecule has 0 aromatic heterocycles. The molecule has 1 fully saturated rings. The van der Waals surface area contributed by atoms with Crippen LogP contribution in [0.5, 0.6) is 0 Å². The van der Waals surface area contributed by atoms with Gasteiger partial charge in [0.25, 0.3) is 0 Å². The molecule has 0 aliphatic carbocycles. The number of hydrogen-bond donors (Lipinski definition) is 3. The van der Waals surface area contributed by atoms with Gasteiger partial charge in [-0.05, 0) is 59.0 Å². The highest BCUT2D eigenvalue weighted by atomic mass is 16.6. The quantitative estimate of drug-likeness (QED) is 0.720. The third-order valence-electron chi connectivity index (χ3n) is 3.28. The van der Waals surface area contributed by atoms with E-state index in [9.17, 15) is 9.59 Å². The molecule has 0 bridgehead atoms. The zero-order chi connectivity index (χ0) is 15.2. The normalized spacial score (nSPS) is 18.2. The lowest BCUT2D eigenvalue weighted by Crippen LogP contribution is -2.48. The third-order valence-corrected chi connectivity index (χ3v) is 3.28. The summed E-state index contributed by atoms with van der Waals surface area (Å²) in [5, 5.41) is 8.57. The monoisotopic (exact) mass is 285 g/mol. The third kappa shape index (κ3) is 6.23. The van der Waals surface area contributed by atoms with Gasteiger partial charge in [-0.25, -0.2) is 4.79 Å². The van der Waals surface area contributed by atoms with Crippen LogP contribution in [0.1, 0.15) is 40.0 Å². The Morgan fingerprint density at radius 3 is 2.40 bits per heavy atom. The van der Waals surface area contributed by atoms with E-state index in [1.807, 2.05) is 0 Å². The van der Waals surface area contributed by atoms with E-state index < -0.39 is 17.7 Å². The molecule has 0 radical (unpaired) electrons. The molecule has 2 amide bonds. The average Bonchev–Trinajstić information content (AvgIpc) is 2.36. The van der Waals surface area contributed by atoms with Gasteiger partial charge in [-0.3, -0.25) is 4.79 Å². The summed E-state index contributed by atoms with van der Waals surface area (Å²) < 4.78 is 5.21. The van der Waals surface area contributed by atoms with Crippen molar-refractivity contribution >= 4 is 12.0 Å². The van der Waals surface area contributed by atoms with Crippen LogP contribution in [-0.2, 0) is 9.53 Å². The molecule has 0 aromatic carbocycles. The van der Waals surface area contributed by atoms with Gasteiger partial charge in [0.05, 0.1) is 0 Å². The van der Waals surface area contributed by atoms with E-state index in [1.165, 1.54) is 0 Å². The van der Waals surface area contributed by atoms with Gasteiger partial charge in [-0.2, -0.15) is 0 Å². The van der Waals surface area contributed by atoms with Crippen molar-refractivity contribution in [1.82, 2.24) is 16.0 Å². The fourth-order valence-electron chi connectivity index (χ4n) is 2.31. The van der Waals surface area contributed by atoms with Crippen molar-refractivity contribution in [2.24, 2.45) is 5.92 Å². The lowest BCUT2D eigenvalue weighted by Gasteiger charge is -2.27. The Hall–Kier alpha value is -1.30. The number of rotatable bonds is 4. The molecule has 1 rings (SSSR count). The van der Waals surface area contributed by atoms with E-state index in [4.69, 9.17) is 4.74 Å². The number of piperidine rings is 1. The zero-order valence-corrected chi connectivity index (χ0v) is 12.9. The van der Waals surface area contributed by atoms with Crippen LogP contribution >= 0.6 is 0 Å². The second kappa shape index (κ2) is 7.47. The number of hydrogen-bond acceptors (Lipinski definition) is 4. The molecule has 0 saturated carbocycles. The first-order chi connectivity index (χ1) is 9.31. The highest BCUT2D eigenvalue weighted by Crippen LogP contribution is 2.18. The van der Waals surface area contributed by atoms with Gasteiger partial charge in [0.2, 0.25) is 5.91 Å². The van der Waals surface area contributed by atoms with Gasteiger partial charge >= 0.3 is 6.09 Å². The van der Waals surface area contributed by atoms with Gasteiger partial charge in [-0.1, -0.05) is 0 Å².